The fraction of sp³-hybridized carbons (Fsp3) is 0.316. The summed E-state index contributed by atoms with van der Waals surface area (Å²) in [5, 5.41) is 13.2. The molecule has 2 aromatic carbocycles. The van der Waals surface area contributed by atoms with Gasteiger partial charge in [-0.15, -0.1) is 0 Å². The number of amides is 1. The summed E-state index contributed by atoms with van der Waals surface area (Å²) in [5.41, 5.74) is 2.88. The van der Waals surface area contributed by atoms with Crippen LogP contribution in [0.4, 0.5) is 5.69 Å². The Kier molecular flexibility index (Phi) is 4.95. The van der Waals surface area contributed by atoms with Crippen LogP contribution in [0, 0.1) is 6.92 Å². The van der Waals surface area contributed by atoms with Gasteiger partial charge in [0.1, 0.15) is 5.75 Å². The monoisotopic (exact) mass is 344 g/mol. The van der Waals surface area contributed by atoms with Crippen molar-refractivity contribution in [3.8, 4) is 5.75 Å². The van der Waals surface area contributed by atoms with Gasteiger partial charge in [0, 0.05) is 30.4 Å². The molecule has 1 amide bonds. The van der Waals surface area contributed by atoms with E-state index < -0.39 is 0 Å². The number of carbonyl (C=O) groups excluding carboxylic acids is 1. The molecule has 0 bridgehead atoms. The molecular formula is C19H21ClN2O2. The number of hydrogen-bond donors (Lipinski definition) is 2. The first kappa shape index (κ1) is 16.7. The molecule has 1 heterocycles. The van der Waals surface area contributed by atoms with Crippen molar-refractivity contribution in [2.24, 2.45) is 0 Å². The molecule has 3 rings (SSSR count). The lowest BCUT2D eigenvalue weighted by Crippen LogP contribution is -2.42. The van der Waals surface area contributed by atoms with Crippen molar-refractivity contribution >= 4 is 23.2 Å². The van der Waals surface area contributed by atoms with Crippen molar-refractivity contribution < 1.29 is 9.90 Å². The van der Waals surface area contributed by atoms with E-state index in [0.717, 1.165) is 18.5 Å². The Labute approximate surface area is 147 Å². The molecule has 0 radical (unpaired) electrons. The largest absolute Gasteiger partial charge is 0.506 e. The van der Waals surface area contributed by atoms with Crippen molar-refractivity contribution in [1.29, 1.82) is 0 Å². The van der Waals surface area contributed by atoms with E-state index >= 15 is 0 Å². The van der Waals surface area contributed by atoms with Gasteiger partial charge < -0.3 is 15.3 Å². The van der Waals surface area contributed by atoms with Crippen molar-refractivity contribution in [3.63, 3.8) is 0 Å². The van der Waals surface area contributed by atoms with Gasteiger partial charge in [-0.1, -0.05) is 23.7 Å². The quantitative estimate of drug-likeness (QED) is 0.882. The molecule has 1 saturated heterocycles. The third-order valence-electron chi connectivity index (χ3n) is 4.37. The number of aryl methyl sites for hydroxylation is 1. The zero-order valence-corrected chi connectivity index (χ0v) is 14.4. The number of halogens is 1. The van der Waals surface area contributed by atoms with E-state index in [9.17, 15) is 9.90 Å². The standard InChI is InChI=1S/C19H21ClN2O2/c1-13-3-2-4-16(11-13)21-15-7-9-22(10-8-15)19(24)14-5-6-18(23)17(20)12-14/h2-6,11-12,15,21,23H,7-10H2,1H3. The topological polar surface area (TPSA) is 52.6 Å². The summed E-state index contributed by atoms with van der Waals surface area (Å²) in [5.74, 6) is -0.0415. The van der Waals surface area contributed by atoms with Crippen LogP contribution in [0.25, 0.3) is 0 Å². The summed E-state index contributed by atoms with van der Waals surface area (Å²) in [7, 11) is 0. The van der Waals surface area contributed by atoms with Crippen molar-refractivity contribution in [2.45, 2.75) is 25.8 Å². The van der Waals surface area contributed by atoms with Gasteiger partial charge in [-0.3, -0.25) is 4.79 Å². The van der Waals surface area contributed by atoms with Gasteiger partial charge >= 0.3 is 0 Å². The van der Waals surface area contributed by atoms with E-state index in [-0.39, 0.29) is 16.7 Å². The highest BCUT2D eigenvalue weighted by Crippen LogP contribution is 2.25. The Morgan fingerprint density at radius 1 is 1.21 bits per heavy atom. The molecule has 1 fully saturated rings. The van der Waals surface area contributed by atoms with Gasteiger partial charge in [-0.2, -0.15) is 0 Å². The van der Waals surface area contributed by atoms with Gasteiger partial charge in [-0.25, -0.2) is 0 Å². The molecule has 2 N–H and O–H groups in total. The fourth-order valence-corrected chi connectivity index (χ4v) is 3.20. The van der Waals surface area contributed by atoms with E-state index in [0.29, 0.717) is 24.7 Å². The van der Waals surface area contributed by atoms with E-state index in [1.54, 1.807) is 6.07 Å². The maximum absolute atomic E-state index is 12.5. The van der Waals surface area contributed by atoms with Crippen LogP contribution in [0.3, 0.4) is 0 Å². The van der Waals surface area contributed by atoms with Crippen LogP contribution in [0.5, 0.6) is 5.75 Å². The highest BCUT2D eigenvalue weighted by molar-refractivity contribution is 6.32. The van der Waals surface area contributed by atoms with Crippen LogP contribution < -0.4 is 5.32 Å². The second kappa shape index (κ2) is 7.14. The Morgan fingerprint density at radius 3 is 2.62 bits per heavy atom. The number of piperidine rings is 1. The van der Waals surface area contributed by atoms with Crippen LogP contribution in [0.2, 0.25) is 5.02 Å². The van der Waals surface area contributed by atoms with Gasteiger partial charge in [0.15, 0.2) is 0 Å². The number of phenolic OH excluding ortho intramolecular Hbond substituents is 1. The van der Waals surface area contributed by atoms with E-state index in [1.807, 2.05) is 11.0 Å². The zero-order chi connectivity index (χ0) is 17.1. The summed E-state index contributed by atoms with van der Waals surface area (Å²) in [6.45, 7) is 3.50. The van der Waals surface area contributed by atoms with Crippen molar-refractivity contribution in [3.05, 3.63) is 58.6 Å². The molecule has 0 aliphatic carbocycles. The number of benzene rings is 2. The number of likely N-dealkylation sites (tertiary alicyclic amines) is 1. The first-order valence-electron chi connectivity index (χ1n) is 8.14. The lowest BCUT2D eigenvalue weighted by molar-refractivity contribution is 0.0718. The highest BCUT2D eigenvalue weighted by Gasteiger charge is 2.24. The molecule has 1 aliphatic rings. The summed E-state index contributed by atoms with van der Waals surface area (Å²) in [6.07, 6.45) is 1.82. The number of rotatable bonds is 3. The summed E-state index contributed by atoms with van der Waals surface area (Å²) >= 11 is 5.89. The number of aromatic hydroxyl groups is 1. The lowest BCUT2D eigenvalue weighted by Gasteiger charge is -2.33. The second-order valence-corrected chi connectivity index (χ2v) is 6.65. The minimum atomic E-state index is -0.0362. The van der Waals surface area contributed by atoms with Crippen molar-refractivity contribution in [2.75, 3.05) is 18.4 Å². The molecule has 1 aliphatic heterocycles. The average Bonchev–Trinajstić information content (AvgIpc) is 2.57. The maximum Gasteiger partial charge on any atom is 0.253 e. The van der Waals surface area contributed by atoms with Crippen LogP contribution in [0.1, 0.15) is 28.8 Å². The number of phenols is 1. The smallest absolute Gasteiger partial charge is 0.253 e. The number of nitrogens with zero attached hydrogens (tertiary/aromatic N) is 1. The van der Waals surface area contributed by atoms with Crippen LogP contribution >= 0.6 is 11.6 Å². The second-order valence-electron chi connectivity index (χ2n) is 6.25. The SMILES string of the molecule is Cc1cccc(NC2CCN(C(=O)c3ccc(O)c(Cl)c3)CC2)c1. The Hall–Kier alpha value is -2.20. The number of anilines is 1. The predicted octanol–water partition coefficient (Wildman–Crippen LogP) is 4.07. The Morgan fingerprint density at radius 2 is 1.96 bits per heavy atom. The maximum atomic E-state index is 12.5. The predicted molar refractivity (Wildman–Crippen MR) is 96.8 cm³/mol. The normalized spacial score (nSPS) is 15.3. The van der Waals surface area contributed by atoms with Crippen molar-refractivity contribution in [1.82, 2.24) is 4.90 Å². The van der Waals surface area contributed by atoms with E-state index in [2.05, 4.69) is 30.4 Å². The molecular weight excluding hydrogens is 324 g/mol. The molecule has 24 heavy (non-hydrogen) atoms. The molecule has 0 saturated carbocycles. The molecule has 0 aromatic heterocycles. The van der Waals surface area contributed by atoms with Gasteiger partial charge in [0.25, 0.3) is 5.91 Å². The molecule has 0 atom stereocenters. The van der Waals surface area contributed by atoms with Crippen LogP contribution in [-0.2, 0) is 0 Å². The first-order chi connectivity index (χ1) is 11.5. The minimum Gasteiger partial charge on any atom is -0.506 e. The van der Waals surface area contributed by atoms with E-state index in [1.165, 1.54) is 17.7 Å². The number of carbonyl (C=O) groups is 1. The third-order valence-corrected chi connectivity index (χ3v) is 4.67. The number of nitrogens with one attached hydrogen (secondary N) is 1. The van der Waals surface area contributed by atoms with Crippen LogP contribution in [0.15, 0.2) is 42.5 Å². The summed E-state index contributed by atoms with van der Waals surface area (Å²) < 4.78 is 0. The molecule has 5 heteroatoms. The van der Waals surface area contributed by atoms with Gasteiger partial charge in [0.2, 0.25) is 0 Å². The Balaban J connectivity index is 1.58. The molecule has 0 spiro atoms. The lowest BCUT2D eigenvalue weighted by atomic mass is 10.0. The third kappa shape index (κ3) is 3.82. The van der Waals surface area contributed by atoms with Gasteiger partial charge in [0.05, 0.1) is 5.02 Å². The Bertz CT molecular complexity index is 740. The fourth-order valence-electron chi connectivity index (χ4n) is 3.02. The minimum absolute atomic E-state index is 0.00530. The molecule has 2 aromatic rings. The summed E-state index contributed by atoms with van der Waals surface area (Å²) in [6, 6.07) is 13.3. The van der Waals surface area contributed by atoms with E-state index in [4.69, 9.17) is 11.6 Å². The van der Waals surface area contributed by atoms with Gasteiger partial charge in [-0.05, 0) is 55.7 Å². The highest BCUT2D eigenvalue weighted by atomic mass is 35.5. The average molecular weight is 345 g/mol. The van der Waals surface area contributed by atoms with Crippen LogP contribution in [-0.4, -0.2) is 35.0 Å². The first-order valence-corrected chi connectivity index (χ1v) is 8.52. The molecule has 4 nitrogen and oxygen atoms in total. The molecule has 0 unspecified atom stereocenters. The number of hydrogen-bond acceptors (Lipinski definition) is 3. The summed E-state index contributed by atoms with van der Waals surface area (Å²) in [4.78, 5) is 14.4. The molecule has 126 valence electrons. The zero-order valence-electron chi connectivity index (χ0n) is 13.6.